The van der Waals surface area contributed by atoms with Gasteiger partial charge in [-0.15, -0.1) is 0 Å². The van der Waals surface area contributed by atoms with Crippen LogP contribution in [0, 0.1) is 0 Å². The van der Waals surface area contributed by atoms with Crippen molar-refractivity contribution < 1.29 is 0 Å². The molecule has 5 heteroatoms. The Labute approximate surface area is 336 Å². The molecule has 0 unspecified atom stereocenters. The zero-order chi connectivity index (χ0) is 37.5. The summed E-state index contributed by atoms with van der Waals surface area (Å²) < 4.78 is 10.5. The van der Waals surface area contributed by atoms with Crippen LogP contribution < -0.4 is 17.6 Å². The van der Waals surface area contributed by atoms with Crippen LogP contribution in [-0.2, 0) is 0 Å². The summed E-state index contributed by atoms with van der Waals surface area (Å²) in [5, 5.41) is 5.15. The average molecular weight is 805 g/mol. The number of para-hydroxylation sites is 1. The molecular weight excluding hydrogens is 771 g/mol. The first-order valence-electron chi connectivity index (χ1n) is 19.4. The van der Waals surface area contributed by atoms with Crippen molar-refractivity contribution in [3.8, 4) is 39.6 Å². The minimum absolute atomic E-state index is 0.747. The molecule has 0 fully saturated rings. The Morgan fingerprint density at radius 3 is 1.79 bits per heavy atom. The van der Waals surface area contributed by atoms with Crippen LogP contribution in [0.4, 0.5) is 0 Å². The van der Waals surface area contributed by atoms with E-state index in [-0.39, 0.29) is 0 Å². The molecule has 12 rings (SSSR count). The monoisotopic (exact) mass is 805 g/mol. The molecule has 11 aromatic rings. The van der Waals surface area contributed by atoms with Crippen molar-refractivity contribution >= 4 is 84.2 Å². The van der Waals surface area contributed by atoms with Gasteiger partial charge >= 0.3 is 320 Å². The van der Waals surface area contributed by atoms with E-state index in [0.29, 0.717) is 0 Å². The predicted octanol–water partition coefficient (Wildman–Crippen LogP) is 10.6. The van der Waals surface area contributed by atoms with Crippen LogP contribution in [0.2, 0.25) is 0 Å². The first-order valence-corrected chi connectivity index (χ1v) is 24.4. The molecule has 0 saturated carbocycles. The Balaban J connectivity index is 1.13. The molecule has 0 atom stereocenters. The average Bonchev–Trinajstić information content (AvgIpc) is 3.92. The van der Waals surface area contributed by atoms with Gasteiger partial charge in [-0.05, 0) is 6.07 Å². The number of benzene rings is 8. The van der Waals surface area contributed by atoms with Gasteiger partial charge in [0.2, 0.25) is 0 Å². The maximum absolute atomic E-state index is 5.59. The molecule has 0 radical (unpaired) electrons. The molecule has 0 N–H and O–H groups in total. The Bertz CT molecular complexity index is 3300. The molecule has 3 aromatic heterocycles. The summed E-state index contributed by atoms with van der Waals surface area (Å²) in [4.78, 5) is 11.1. The molecule has 8 aromatic carbocycles. The summed E-state index contributed by atoms with van der Waals surface area (Å²) in [6, 6.07) is 73.3. The van der Waals surface area contributed by atoms with Gasteiger partial charge in [-0.3, -0.25) is 0 Å². The van der Waals surface area contributed by atoms with Crippen LogP contribution in [0.3, 0.4) is 0 Å². The van der Waals surface area contributed by atoms with Crippen molar-refractivity contribution in [3.63, 3.8) is 0 Å². The van der Waals surface area contributed by atoms with E-state index in [1.807, 2.05) is 11.3 Å². The van der Waals surface area contributed by atoms with Gasteiger partial charge in [-0.1, -0.05) is 12.1 Å². The fourth-order valence-electron chi connectivity index (χ4n) is 9.46. The second kappa shape index (κ2) is 12.7. The summed E-state index contributed by atoms with van der Waals surface area (Å²) in [6.45, 7) is 0. The molecule has 57 heavy (non-hydrogen) atoms. The Kier molecular flexibility index (Phi) is 7.28. The third-order valence-electron chi connectivity index (χ3n) is 11.9. The van der Waals surface area contributed by atoms with E-state index in [2.05, 4.69) is 205 Å². The van der Waals surface area contributed by atoms with Crippen LogP contribution >= 0.6 is 11.3 Å². The SMILES string of the molecule is c1ccc(-c2nc(-c3ccc(-n4c5ccccc5c5cc6sc7ccccc7c6cc54)cc3)[c]3c(n2)-c2cccc[c]2[Ge]3([c]2ccccc2)[c]2ccccc2)cc1. The molecule has 266 valence electrons. The van der Waals surface area contributed by atoms with Gasteiger partial charge in [-0.25, -0.2) is 0 Å². The Morgan fingerprint density at radius 2 is 1.04 bits per heavy atom. The number of aromatic nitrogens is 3. The molecule has 0 bridgehead atoms. The van der Waals surface area contributed by atoms with Crippen molar-refractivity contribution in [2.45, 2.75) is 0 Å². The standard InChI is InChI=1S/C52H33GeN3S/c1-4-16-35(17-5-1)52-54-50(49-51(55-52)41-24-10-13-25-44(41)53(49,36-18-6-2-7-19-36)37-20-8-3-9-21-37)34-28-30-38(31-29-34)56-45-26-14-11-22-39(45)42-33-48-43(32-46(42)56)40-23-12-15-27-47(40)57-48/h1-33H. The Morgan fingerprint density at radius 1 is 0.421 bits per heavy atom. The van der Waals surface area contributed by atoms with Crippen molar-refractivity contribution in [2.75, 3.05) is 0 Å². The fourth-order valence-corrected chi connectivity index (χ4v) is 21.6. The van der Waals surface area contributed by atoms with Gasteiger partial charge in [0.1, 0.15) is 0 Å². The number of hydrogen-bond acceptors (Lipinski definition) is 3. The summed E-state index contributed by atoms with van der Waals surface area (Å²) in [5.74, 6) is 0.747. The van der Waals surface area contributed by atoms with E-state index in [9.17, 15) is 0 Å². The van der Waals surface area contributed by atoms with Crippen molar-refractivity contribution in [2.24, 2.45) is 0 Å². The van der Waals surface area contributed by atoms with Crippen LogP contribution in [0.15, 0.2) is 200 Å². The number of hydrogen-bond donors (Lipinski definition) is 0. The quantitative estimate of drug-likeness (QED) is 0.162. The number of nitrogens with zero attached hydrogens (tertiary/aromatic N) is 3. The second-order valence-electron chi connectivity index (χ2n) is 14.9. The normalized spacial score (nSPS) is 13.1. The summed E-state index contributed by atoms with van der Waals surface area (Å²) in [5.41, 5.74) is 8.94. The minimum atomic E-state index is -3.67. The topological polar surface area (TPSA) is 30.7 Å². The summed E-state index contributed by atoms with van der Waals surface area (Å²) in [6.07, 6.45) is 0. The molecule has 0 spiro atoms. The van der Waals surface area contributed by atoms with Crippen LogP contribution in [0.25, 0.3) is 81.6 Å². The number of rotatable bonds is 5. The Hall–Kier alpha value is -6.60. The van der Waals surface area contributed by atoms with Crippen molar-refractivity contribution in [3.05, 3.63) is 200 Å². The van der Waals surface area contributed by atoms with E-state index < -0.39 is 13.3 Å². The molecular formula is C52H33GeN3S. The third kappa shape index (κ3) is 4.78. The molecule has 1 aliphatic rings. The number of fused-ring (bicyclic) bond motifs is 9. The first kappa shape index (κ1) is 32.6. The van der Waals surface area contributed by atoms with E-state index in [4.69, 9.17) is 9.97 Å². The van der Waals surface area contributed by atoms with Crippen molar-refractivity contribution in [1.82, 2.24) is 14.5 Å². The third-order valence-corrected chi connectivity index (χ3v) is 23.2. The van der Waals surface area contributed by atoms with E-state index in [1.54, 1.807) is 0 Å². The fraction of sp³-hybridized carbons (Fsp3) is 0. The van der Waals surface area contributed by atoms with E-state index >= 15 is 0 Å². The predicted molar refractivity (Wildman–Crippen MR) is 243 cm³/mol. The molecule has 0 aliphatic carbocycles. The van der Waals surface area contributed by atoms with Gasteiger partial charge in [0.05, 0.1) is 0 Å². The van der Waals surface area contributed by atoms with Gasteiger partial charge in [0, 0.05) is 0 Å². The molecule has 4 heterocycles. The molecule has 0 amide bonds. The van der Waals surface area contributed by atoms with Gasteiger partial charge in [0.15, 0.2) is 0 Å². The molecule has 1 aliphatic heterocycles. The maximum atomic E-state index is 5.59. The van der Waals surface area contributed by atoms with Crippen LogP contribution in [0.5, 0.6) is 0 Å². The van der Waals surface area contributed by atoms with Crippen molar-refractivity contribution in [1.29, 1.82) is 0 Å². The van der Waals surface area contributed by atoms with Gasteiger partial charge < -0.3 is 0 Å². The van der Waals surface area contributed by atoms with Gasteiger partial charge in [0.25, 0.3) is 0 Å². The molecule has 0 saturated heterocycles. The summed E-state index contributed by atoms with van der Waals surface area (Å²) >= 11 is -1.80. The van der Waals surface area contributed by atoms with E-state index in [0.717, 1.165) is 34.0 Å². The van der Waals surface area contributed by atoms with Crippen LogP contribution in [0.1, 0.15) is 0 Å². The zero-order valence-corrected chi connectivity index (χ0v) is 33.7. The van der Waals surface area contributed by atoms with Crippen LogP contribution in [-0.4, -0.2) is 27.8 Å². The van der Waals surface area contributed by atoms with E-state index in [1.165, 1.54) is 65.1 Å². The summed E-state index contributed by atoms with van der Waals surface area (Å²) in [7, 11) is 0. The van der Waals surface area contributed by atoms with Gasteiger partial charge in [-0.2, -0.15) is 0 Å². The second-order valence-corrected chi connectivity index (χ2v) is 23.7. The first-order chi connectivity index (χ1) is 28.3. The zero-order valence-electron chi connectivity index (χ0n) is 30.8. The molecule has 3 nitrogen and oxygen atoms in total. The number of thiophene rings is 1.